The van der Waals surface area contributed by atoms with Crippen molar-refractivity contribution in [1.82, 2.24) is 5.32 Å². The maximum Gasteiger partial charge on any atom is 0.224 e. The minimum absolute atomic E-state index is 0.0845. The van der Waals surface area contributed by atoms with E-state index in [1.54, 1.807) is 4.90 Å². The largest absolute Gasteiger partial charge is 0.353 e. The molecule has 5 heteroatoms. The number of hydrogen-bond acceptors (Lipinski definition) is 2. The highest BCUT2D eigenvalue weighted by atomic mass is 16.2. The van der Waals surface area contributed by atoms with Gasteiger partial charge in [-0.2, -0.15) is 0 Å². The number of hydrogen-bond donors (Lipinski definition) is 3. The summed E-state index contributed by atoms with van der Waals surface area (Å²) >= 11 is 0. The second-order valence-electron chi connectivity index (χ2n) is 6.40. The van der Waals surface area contributed by atoms with Crippen molar-refractivity contribution in [2.75, 3.05) is 25.0 Å². The van der Waals surface area contributed by atoms with Gasteiger partial charge in [0, 0.05) is 31.5 Å². The van der Waals surface area contributed by atoms with E-state index < -0.39 is 0 Å². The number of rotatable bonds is 6. The van der Waals surface area contributed by atoms with E-state index in [1.165, 1.54) is 19.9 Å². The minimum Gasteiger partial charge on any atom is -0.353 e. The van der Waals surface area contributed by atoms with Gasteiger partial charge in [0.05, 0.1) is 26.1 Å². The van der Waals surface area contributed by atoms with Gasteiger partial charge in [-0.1, -0.05) is 19.1 Å². The van der Waals surface area contributed by atoms with E-state index in [0.717, 1.165) is 37.2 Å². The molecule has 0 radical (unpaired) electrons. The molecule has 2 rings (SSSR count). The maximum absolute atomic E-state index is 12.2. The molecular formula is C18H28N3O2+. The third-order valence-corrected chi connectivity index (χ3v) is 4.30. The van der Waals surface area contributed by atoms with Crippen molar-refractivity contribution in [3.63, 3.8) is 0 Å². The van der Waals surface area contributed by atoms with Gasteiger partial charge >= 0.3 is 0 Å². The van der Waals surface area contributed by atoms with E-state index in [4.69, 9.17) is 0 Å². The van der Waals surface area contributed by atoms with Crippen LogP contribution in [0.5, 0.6) is 0 Å². The van der Waals surface area contributed by atoms with Crippen LogP contribution < -0.4 is 15.5 Å². The van der Waals surface area contributed by atoms with Crippen molar-refractivity contribution in [3.05, 3.63) is 29.8 Å². The van der Waals surface area contributed by atoms with E-state index >= 15 is 0 Å². The Morgan fingerprint density at radius 1 is 1.17 bits per heavy atom. The summed E-state index contributed by atoms with van der Waals surface area (Å²) in [5.74, 6) is -0.00624. The Morgan fingerprint density at radius 3 is 2.39 bits per heavy atom. The summed E-state index contributed by atoms with van der Waals surface area (Å²) in [6.45, 7) is 7.25. The number of carbonyl (C=O) groups is 2. The predicted molar refractivity (Wildman–Crippen MR) is 91.5 cm³/mol. The highest BCUT2D eigenvalue weighted by Gasteiger charge is 2.22. The average Bonchev–Trinajstić information content (AvgIpc) is 2.51. The van der Waals surface area contributed by atoms with Gasteiger partial charge in [-0.15, -0.1) is 0 Å². The maximum atomic E-state index is 12.2. The quantitative estimate of drug-likeness (QED) is 0.725. The van der Waals surface area contributed by atoms with Crippen LogP contribution in [-0.4, -0.2) is 37.5 Å². The van der Waals surface area contributed by atoms with Crippen molar-refractivity contribution in [1.29, 1.82) is 0 Å². The van der Waals surface area contributed by atoms with Gasteiger partial charge in [-0.05, 0) is 24.1 Å². The molecule has 0 saturated carbocycles. The molecule has 0 atom stereocenters. The minimum atomic E-state index is -0.0907. The summed E-state index contributed by atoms with van der Waals surface area (Å²) in [6, 6.07) is 7.76. The van der Waals surface area contributed by atoms with E-state index in [9.17, 15) is 9.59 Å². The number of likely N-dealkylation sites (tertiary alicyclic amines) is 1. The van der Waals surface area contributed by atoms with Crippen LogP contribution in [0.1, 0.15) is 38.7 Å². The van der Waals surface area contributed by atoms with Gasteiger partial charge in [0.1, 0.15) is 0 Å². The normalized spacial score (nSPS) is 20.8. The fourth-order valence-electron chi connectivity index (χ4n) is 3.15. The standard InChI is InChI=1S/C18H27N3O2/c1-3-10-21-11-8-17(9-12-21)20-18(23)13-15-4-6-16(7-5-15)19-14(2)22/h4-7,17H,3,8-13H2,1-2H3,(H,19,22)(H,20,23)/p+1. The number of carbonyl (C=O) groups excluding carboxylic acids is 2. The zero-order valence-electron chi connectivity index (χ0n) is 14.2. The molecule has 1 aromatic rings. The van der Waals surface area contributed by atoms with Crippen LogP contribution in [0.3, 0.4) is 0 Å². The lowest BCUT2D eigenvalue weighted by Crippen LogP contribution is -3.13. The molecule has 2 amide bonds. The van der Waals surface area contributed by atoms with Crippen LogP contribution in [-0.2, 0) is 16.0 Å². The van der Waals surface area contributed by atoms with Crippen LogP contribution in [0.25, 0.3) is 0 Å². The molecule has 126 valence electrons. The van der Waals surface area contributed by atoms with Crippen LogP contribution in [0.4, 0.5) is 5.69 Å². The Bertz CT molecular complexity index is 520. The smallest absolute Gasteiger partial charge is 0.224 e. The van der Waals surface area contributed by atoms with Crippen molar-refractivity contribution in [2.24, 2.45) is 0 Å². The topological polar surface area (TPSA) is 62.6 Å². The summed E-state index contributed by atoms with van der Waals surface area (Å²) in [5.41, 5.74) is 1.72. The molecule has 1 saturated heterocycles. The van der Waals surface area contributed by atoms with E-state index in [1.807, 2.05) is 24.3 Å². The molecule has 1 fully saturated rings. The Balaban J connectivity index is 1.75. The number of nitrogens with one attached hydrogen (secondary N) is 3. The molecule has 0 bridgehead atoms. The lowest BCUT2D eigenvalue weighted by molar-refractivity contribution is -0.905. The van der Waals surface area contributed by atoms with E-state index in [2.05, 4.69) is 17.6 Å². The molecule has 5 nitrogen and oxygen atoms in total. The zero-order valence-corrected chi connectivity index (χ0v) is 14.2. The fourth-order valence-corrected chi connectivity index (χ4v) is 3.15. The summed E-state index contributed by atoms with van der Waals surface area (Å²) in [5, 5.41) is 5.88. The third-order valence-electron chi connectivity index (χ3n) is 4.30. The molecule has 0 spiro atoms. The molecular weight excluding hydrogens is 290 g/mol. The molecule has 3 N–H and O–H groups in total. The number of amides is 2. The Morgan fingerprint density at radius 2 is 1.83 bits per heavy atom. The Kier molecular flexibility index (Phi) is 6.59. The lowest BCUT2D eigenvalue weighted by Gasteiger charge is -2.29. The highest BCUT2D eigenvalue weighted by Crippen LogP contribution is 2.10. The Hall–Kier alpha value is -1.88. The molecule has 1 heterocycles. The van der Waals surface area contributed by atoms with Gasteiger partial charge in [0.15, 0.2) is 0 Å². The van der Waals surface area contributed by atoms with E-state index in [-0.39, 0.29) is 11.8 Å². The van der Waals surface area contributed by atoms with Crippen molar-refractivity contribution in [3.8, 4) is 0 Å². The SMILES string of the molecule is CCC[NH+]1CCC(NC(=O)Cc2ccc(NC(C)=O)cc2)CC1. The molecule has 0 unspecified atom stereocenters. The number of piperidine rings is 1. The molecule has 23 heavy (non-hydrogen) atoms. The molecule has 0 aliphatic carbocycles. The Labute approximate surface area is 138 Å². The number of anilines is 1. The van der Waals surface area contributed by atoms with Gasteiger partial charge < -0.3 is 15.5 Å². The molecule has 1 aliphatic rings. The molecule has 1 aromatic carbocycles. The fraction of sp³-hybridized carbons (Fsp3) is 0.556. The zero-order chi connectivity index (χ0) is 16.7. The summed E-state index contributed by atoms with van der Waals surface area (Å²) in [4.78, 5) is 24.8. The van der Waals surface area contributed by atoms with Gasteiger partial charge in [-0.3, -0.25) is 9.59 Å². The first kappa shape index (κ1) is 17.5. The second kappa shape index (κ2) is 8.67. The first-order valence-electron chi connectivity index (χ1n) is 8.56. The van der Waals surface area contributed by atoms with E-state index in [0.29, 0.717) is 12.5 Å². The van der Waals surface area contributed by atoms with Gasteiger partial charge in [0.25, 0.3) is 0 Å². The number of benzene rings is 1. The van der Waals surface area contributed by atoms with Crippen LogP contribution >= 0.6 is 0 Å². The van der Waals surface area contributed by atoms with Crippen molar-refractivity contribution >= 4 is 17.5 Å². The first-order valence-corrected chi connectivity index (χ1v) is 8.56. The van der Waals surface area contributed by atoms with Gasteiger partial charge in [0.2, 0.25) is 11.8 Å². The first-order chi connectivity index (χ1) is 11.1. The molecule has 0 aromatic heterocycles. The summed E-state index contributed by atoms with van der Waals surface area (Å²) in [6.07, 6.45) is 3.76. The van der Waals surface area contributed by atoms with Crippen LogP contribution in [0.2, 0.25) is 0 Å². The third kappa shape index (κ3) is 6.02. The number of quaternary nitrogens is 1. The van der Waals surface area contributed by atoms with Crippen molar-refractivity contribution < 1.29 is 14.5 Å². The summed E-state index contributed by atoms with van der Waals surface area (Å²) in [7, 11) is 0. The summed E-state index contributed by atoms with van der Waals surface area (Å²) < 4.78 is 0. The van der Waals surface area contributed by atoms with Crippen LogP contribution in [0.15, 0.2) is 24.3 Å². The lowest BCUT2D eigenvalue weighted by atomic mass is 10.0. The predicted octanol–water partition coefficient (Wildman–Crippen LogP) is 0.761. The average molecular weight is 318 g/mol. The highest BCUT2D eigenvalue weighted by molar-refractivity contribution is 5.88. The van der Waals surface area contributed by atoms with Gasteiger partial charge in [-0.25, -0.2) is 0 Å². The second-order valence-corrected chi connectivity index (χ2v) is 6.40. The monoisotopic (exact) mass is 318 g/mol. The van der Waals surface area contributed by atoms with Crippen molar-refractivity contribution in [2.45, 2.75) is 45.6 Å². The van der Waals surface area contributed by atoms with Crippen LogP contribution in [0, 0.1) is 0 Å². The molecule has 1 aliphatic heterocycles.